The van der Waals surface area contributed by atoms with Crippen molar-refractivity contribution in [2.24, 2.45) is 16.6 Å². The summed E-state index contributed by atoms with van der Waals surface area (Å²) < 4.78 is 0. The van der Waals surface area contributed by atoms with E-state index in [9.17, 15) is 0 Å². The smallest absolute Gasteiger partial charge is 0.191 e. The maximum absolute atomic E-state index is 6.10. The third kappa shape index (κ3) is 4.15. The zero-order valence-electron chi connectivity index (χ0n) is 13.1. The Morgan fingerprint density at radius 3 is 2.77 bits per heavy atom. The Morgan fingerprint density at radius 2 is 2.05 bits per heavy atom. The number of nitrogens with two attached hydrogens (primary N) is 1. The van der Waals surface area contributed by atoms with E-state index in [1.54, 1.807) is 0 Å². The number of aromatic amines is 1. The van der Waals surface area contributed by atoms with Crippen LogP contribution in [0.2, 0.25) is 0 Å². The van der Waals surface area contributed by atoms with Crippen LogP contribution in [0.4, 0.5) is 0 Å². The zero-order valence-corrected chi connectivity index (χ0v) is 15.4. The maximum Gasteiger partial charge on any atom is 0.191 e. The van der Waals surface area contributed by atoms with Crippen LogP contribution in [0.25, 0.3) is 10.9 Å². The van der Waals surface area contributed by atoms with Crippen molar-refractivity contribution in [1.82, 2.24) is 9.88 Å². The number of rotatable bonds is 3. The van der Waals surface area contributed by atoms with Gasteiger partial charge in [-0.1, -0.05) is 25.1 Å². The van der Waals surface area contributed by atoms with Gasteiger partial charge in [0.05, 0.1) is 0 Å². The molecule has 1 saturated heterocycles. The third-order valence-electron chi connectivity index (χ3n) is 4.35. The van der Waals surface area contributed by atoms with Crippen LogP contribution in [-0.2, 0) is 6.42 Å². The van der Waals surface area contributed by atoms with Gasteiger partial charge in [0.25, 0.3) is 0 Å². The molecule has 0 radical (unpaired) electrons. The first kappa shape index (κ1) is 17.1. The highest BCUT2D eigenvalue weighted by molar-refractivity contribution is 14.0. The predicted molar refractivity (Wildman–Crippen MR) is 104 cm³/mol. The summed E-state index contributed by atoms with van der Waals surface area (Å²) in [5, 5.41) is 1.26. The van der Waals surface area contributed by atoms with Crippen LogP contribution in [0.5, 0.6) is 0 Å². The molecule has 0 unspecified atom stereocenters. The molecule has 0 spiro atoms. The normalized spacial score (nSPS) is 16.8. The number of para-hydroxylation sites is 1. The van der Waals surface area contributed by atoms with Gasteiger partial charge < -0.3 is 15.6 Å². The molecular weight excluding hydrogens is 387 g/mol. The number of halogens is 1. The minimum Gasteiger partial charge on any atom is -0.370 e. The number of hydrogen-bond acceptors (Lipinski definition) is 1. The van der Waals surface area contributed by atoms with Crippen LogP contribution in [0.15, 0.2) is 35.3 Å². The van der Waals surface area contributed by atoms with Crippen LogP contribution in [0.1, 0.15) is 25.5 Å². The molecular formula is C17H25IN4. The lowest BCUT2D eigenvalue weighted by molar-refractivity contribution is 0.277. The number of likely N-dealkylation sites (tertiary alicyclic amines) is 1. The minimum absolute atomic E-state index is 0. The molecule has 3 N–H and O–H groups in total. The Labute approximate surface area is 149 Å². The van der Waals surface area contributed by atoms with Crippen molar-refractivity contribution in [2.75, 3.05) is 19.6 Å². The van der Waals surface area contributed by atoms with E-state index in [4.69, 9.17) is 5.73 Å². The van der Waals surface area contributed by atoms with E-state index in [1.807, 2.05) is 0 Å². The number of nitrogens with one attached hydrogen (secondary N) is 1. The van der Waals surface area contributed by atoms with E-state index in [0.29, 0.717) is 5.96 Å². The SMILES string of the molecule is CC1CCN(C(N)=NCCc2cc3ccccc3[nH]2)CC1.I. The standard InChI is InChI=1S/C17H24N4.HI/c1-13-7-10-21(11-8-13)17(18)19-9-6-15-12-14-4-2-3-5-16(14)20-15;/h2-5,12-13,20H,6-11H2,1H3,(H2,18,19);1H. The van der Waals surface area contributed by atoms with E-state index >= 15 is 0 Å². The molecule has 1 aliphatic heterocycles. The molecule has 120 valence electrons. The number of piperidine rings is 1. The third-order valence-corrected chi connectivity index (χ3v) is 4.35. The van der Waals surface area contributed by atoms with E-state index in [2.05, 4.69) is 52.1 Å². The molecule has 5 heteroatoms. The first-order valence-corrected chi connectivity index (χ1v) is 7.84. The molecule has 0 saturated carbocycles. The number of guanidine groups is 1. The average Bonchev–Trinajstić information content (AvgIpc) is 2.90. The molecule has 3 rings (SSSR count). The lowest BCUT2D eigenvalue weighted by Gasteiger charge is -2.31. The Kier molecular flexibility index (Phi) is 6.11. The molecule has 2 heterocycles. The van der Waals surface area contributed by atoms with Gasteiger partial charge in [0.2, 0.25) is 0 Å². The molecule has 0 aliphatic carbocycles. The topological polar surface area (TPSA) is 57.4 Å². The molecule has 0 bridgehead atoms. The van der Waals surface area contributed by atoms with Gasteiger partial charge >= 0.3 is 0 Å². The number of benzene rings is 1. The second kappa shape index (κ2) is 7.85. The summed E-state index contributed by atoms with van der Waals surface area (Å²) in [6, 6.07) is 10.5. The fourth-order valence-electron chi connectivity index (χ4n) is 2.90. The second-order valence-electron chi connectivity index (χ2n) is 6.04. The van der Waals surface area contributed by atoms with E-state index in [1.165, 1.54) is 29.4 Å². The van der Waals surface area contributed by atoms with Crippen molar-refractivity contribution in [3.8, 4) is 0 Å². The van der Waals surface area contributed by atoms with E-state index in [-0.39, 0.29) is 24.0 Å². The van der Waals surface area contributed by atoms with Crippen molar-refractivity contribution < 1.29 is 0 Å². The summed E-state index contributed by atoms with van der Waals surface area (Å²) in [5.74, 6) is 1.53. The van der Waals surface area contributed by atoms with Gasteiger partial charge in [-0.25, -0.2) is 0 Å². The van der Waals surface area contributed by atoms with E-state index in [0.717, 1.165) is 32.0 Å². The van der Waals surface area contributed by atoms with Gasteiger partial charge in [0.1, 0.15) is 0 Å². The summed E-state index contributed by atoms with van der Waals surface area (Å²) >= 11 is 0. The highest BCUT2D eigenvalue weighted by atomic mass is 127. The molecule has 1 aromatic heterocycles. The monoisotopic (exact) mass is 412 g/mol. The molecule has 1 fully saturated rings. The Bertz CT molecular complexity index is 593. The predicted octanol–water partition coefficient (Wildman–Crippen LogP) is 3.38. The molecule has 1 aromatic carbocycles. The zero-order chi connectivity index (χ0) is 14.7. The summed E-state index contributed by atoms with van der Waals surface area (Å²) in [5.41, 5.74) is 8.51. The summed E-state index contributed by atoms with van der Waals surface area (Å²) in [7, 11) is 0. The van der Waals surface area contributed by atoms with Crippen molar-refractivity contribution >= 4 is 40.8 Å². The van der Waals surface area contributed by atoms with Crippen molar-refractivity contribution in [3.63, 3.8) is 0 Å². The molecule has 1 aliphatic rings. The van der Waals surface area contributed by atoms with Crippen LogP contribution in [0, 0.1) is 5.92 Å². The molecule has 0 atom stereocenters. The van der Waals surface area contributed by atoms with Gasteiger partial charge in [-0.2, -0.15) is 0 Å². The van der Waals surface area contributed by atoms with E-state index < -0.39 is 0 Å². The van der Waals surface area contributed by atoms with Gasteiger partial charge in [0.15, 0.2) is 5.96 Å². The van der Waals surface area contributed by atoms with Crippen LogP contribution in [-0.4, -0.2) is 35.5 Å². The molecule has 22 heavy (non-hydrogen) atoms. The Hall–Kier alpha value is -1.24. The summed E-state index contributed by atoms with van der Waals surface area (Å²) in [4.78, 5) is 10.2. The lowest BCUT2D eigenvalue weighted by atomic mass is 10.00. The summed E-state index contributed by atoms with van der Waals surface area (Å²) in [6.45, 7) is 5.14. The highest BCUT2D eigenvalue weighted by Gasteiger charge is 2.16. The Balaban J connectivity index is 0.00000176. The largest absolute Gasteiger partial charge is 0.370 e. The average molecular weight is 412 g/mol. The van der Waals surface area contributed by atoms with Gasteiger partial charge in [0, 0.05) is 37.3 Å². The molecule has 4 nitrogen and oxygen atoms in total. The van der Waals surface area contributed by atoms with Crippen molar-refractivity contribution in [2.45, 2.75) is 26.2 Å². The van der Waals surface area contributed by atoms with Gasteiger partial charge in [-0.3, -0.25) is 4.99 Å². The first-order chi connectivity index (χ1) is 10.2. The number of nitrogens with zero attached hydrogens (tertiary/aromatic N) is 2. The number of fused-ring (bicyclic) bond motifs is 1. The molecule has 0 amide bonds. The second-order valence-corrected chi connectivity index (χ2v) is 6.04. The first-order valence-electron chi connectivity index (χ1n) is 7.84. The minimum atomic E-state index is 0. The number of hydrogen-bond donors (Lipinski definition) is 2. The molecule has 2 aromatic rings. The fraction of sp³-hybridized carbons (Fsp3) is 0.471. The van der Waals surface area contributed by atoms with Gasteiger partial charge in [-0.15, -0.1) is 24.0 Å². The van der Waals surface area contributed by atoms with Gasteiger partial charge in [-0.05, 0) is 36.3 Å². The lowest BCUT2D eigenvalue weighted by Crippen LogP contribution is -2.42. The van der Waals surface area contributed by atoms with Crippen molar-refractivity contribution in [3.05, 3.63) is 36.0 Å². The summed E-state index contributed by atoms with van der Waals surface area (Å²) in [6.07, 6.45) is 3.34. The number of aromatic nitrogens is 1. The van der Waals surface area contributed by atoms with Crippen LogP contribution >= 0.6 is 24.0 Å². The fourth-order valence-corrected chi connectivity index (χ4v) is 2.90. The van der Waals surface area contributed by atoms with Crippen LogP contribution < -0.4 is 5.73 Å². The number of aliphatic imine (C=N–C) groups is 1. The Morgan fingerprint density at radius 1 is 1.32 bits per heavy atom. The van der Waals surface area contributed by atoms with Crippen molar-refractivity contribution in [1.29, 1.82) is 0 Å². The highest BCUT2D eigenvalue weighted by Crippen LogP contribution is 2.16. The van der Waals surface area contributed by atoms with Crippen LogP contribution in [0.3, 0.4) is 0 Å². The number of H-pyrrole nitrogens is 1. The quantitative estimate of drug-likeness (QED) is 0.462. The maximum atomic E-state index is 6.10.